The lowest BCUT2D eigenvalue weighted by Crippen LogP contribution is -2.35. The van der Waals surface area contributed by atoms with E-state index in [4.69, 9.17) is 5.73 Å². The van der Waals surface area contributed by atoms with E-state index in [1.54, 1.807) is 24.6 Å². The van der Waals surface area contributed by atoms with Crippen LogP contribution >= 0.6 is 11.8 Å². The van der Waals surface area contributed by atoms with Gasteiger partial charge in [-0.15, -0.1) is 0 Å². The Balaban J connectivity index is 1.51. The molecule has 4 rings (SSSR count). The quantitative estimate of drug-likeness (QED) is 0.298. The number of allylic oxidation sites excluding steroid dienone is 1. The van der Waals surface area contributed by atoms with E-state index in [0.29, 0.717) is 34.9 Å². The number of nitrogens with one attached hydrogen (secondary N) is 1. The molecule has 1 aliphatic heterocycles. The van der Waals surface area contributed by atoms with E-state index in [9.17, 15) is 18.0 Å². The number of aliphatic imine (C=N–C) groups is 2. The third-order valence-electron chi connectivity index (χ3n) is 6.07. The van der Waals surface area contributed by atoms with Gasteiger partial charge in [0.15, 0.2) is 0 Å². The maximum Gasteiger partial charge on any atom is 0.416 e. The summed E-state index contributed by atoms with van der Waals surface area (Å²) in [6, 6.07) is 6.12. The zero-order valence-corrected chi connectivity index (χ0v) is 22.2. The number of amides is 1. The number of alkyl halides is 3. The van der Waals surface area contributed by atoms with Crippen LogP contribution in [0.25, 0.3) is 11.0 Å². The summed E-state index contributed by atoms with van der Waals surface area (Å²) >= 11 is 1.43. The highest BCUT2D eigenvalue weighted by Gasteiger charge is 2.30. The van der Waals surface area contributed by atoms with Gasteiger partial charge >= 0.3 is 6.18 Å². The second-order valence-corrected chi connectivity index (χ2v) is 10.2. The van der Waals surface area contributed by atoms with Gasteiger partial charge in [-0.2, -0.15) is 13.2 Å². The second kappa shape index (κ2) is 11.0. The molecule has 38 heavy (non-hydrogen) atoms. The van der Waals surface area contributed by atoms with Gasteiger partial charge in [-0.3, -0.25) is 4.79 Å². The van der Waals surface area contributed by atoms with Crippen LogP contribution in [0.3, 0.4) is 0 Å². The van der Waals surface area contributed by atoms with Crippen molar-refractivity contribution in [3.05, 3.63) is 58.8 Å². The Bertz CT molecular complexity index is 1440. The van der Waals surface area contributed by atoms with Gasteiger partial charge in [0.05, 0.1) is 39.9 Å². The number of hydrogen-bond donors (Lipinski definition) is 2. The van der Waals surface area contributed by atoms with Crippen molar-refractivity contribution in [2.75, 3.05) is 0 Å². The van der Waals surface area contributed by atoms with Crippen molar-refractivity contribution in [3.63, 3.8) is 0 Å². The fourth-order valence-electron chi connectivity index (χ4n) is 3.97. The van der Waals surface area contributed by atoms with Crippen LogP contribution in [0.4, 0.5) is 24.8 Å². The molecule has 0 spiro atoms. The summed E-state index contributed by atoms with van der Waals surface area (Å²) in [5.74, 6) is 0.643. The molecule has 1 amide bonds. The van der Waals surface area contributed by atoms with E-state index in [0.717, 1.165) is 28.5 Å². The Kier molecular flexibility index (Phi) is 7.91. The molecule has 2 aromatic heterocycles. The zero-order valence-electron chi connectivity index (χ0n) is 21.4. The van der Waals surface area contributed by atoms with Crippen molar-refractivity contribution >= 4 is 51.2 Å². The number of amidine groups is 1. The third kappa shape index (κ3) is 6.24. The van der Waals surface area contributed by atoms with Crippen LogP contribution in [0, 0.1) is 5.92 Å². The average Bonchev–Trinajstić information content (AvgIpc) is 3.17. The van der Waals surface area contributed by atoms with Gasteiger partial charge in [0.25, 0.3) is 5.91 Å². The summed E-state index contributed by atoms with van der Waals surface area (Å²) in [5, 5.41) is 3.78. The summed E-state index contributed by atoms with van der Waals surface area (Å²) in [4.78, 5) is 31.4. The third-order valence-corrected chi connectivity index (χ3v) is 7.29. The minimum atomic E-state index is -4.39. The summed E-state index contributed by atoms with van der Waals surface area (Å²) in [6.45, 7) is 5.60. The largest absolute Gasteiger partial charge is 0.416 e. The Hall–Kier alpha value is -3.67. The molecule has 3 N–H and O–H groups in total. The van der Waals surface area contributed by atoms with Crippen molar-refractivity contribution < 1.29 is 18.0 Å². The molecule has 200 valence electrons. The molecule has 1 aliphatic rings. The first-order valence-corrected chi connectivity index (χ1v) is 12.8. The monoisotopic (exact) mass is 543 g/mol. The van der Waals surface area contributed by atoms with Crippen LogP contribution < -0.4 is 11.1 Å². The number of aryl methyl sites for hydroxylation is 1. The molecule has 0 bridgehead atoms. The van der Waals surface area contributed by atoms with Crippen LogP contribution in [-0.2, 0) is 13.2 Å². The lowest BCUT2D eigenvalue weighted by molar-refractivity contribution is -0.137. The Morgan fingerprint density at radius 3 is 2.66 bits per heavy atom. The highest BCUT2D eigenvalue weighted by atomic mass is 32.2. The van der Waals surface area contributed by atoms with Gasteiger partial charge in [0, 0.05) is 18.4 Å². The highest BCUT2D eigenvalue weighted by Crippen LogP contribution is 2.36. The van der Waals surface area contributed by atoms with Gasteiger partial charge in [-0.05, 0) is 56.5 Å². The number of halogens is 3. The predicted molar refractivity (Wildman–Crippen MR) is 145 cm³/mol. The summed E-state index contributed by atoms with van der Waals surface area (Å²) < 4.78 is 40.4. The number of benzene rings is 1. The smallest absolute Gasteiger partial charge is 0.387 e. The second-order valence-electron chi connectivity index (χ2n) is 9.07. The molecule has 12 heteroatoms. The number of nitrogens with two attached hydrogens (primary N) is 1. The van der Waals surface area contributed by atoms with Crippen molar-refractivity contribution in [3.8, 4) is 0 Å². The lowest BCUT2D eigenvalue weighted by Gasteiger charge is -2.25. The summed E-state index contributed by atoms with van der Waals surface area (Å²) in [5.41, 5.74) is 6.94. The standard InChI is InChI=1S/C26H28F3N7OS/c1-5-16-10-22(38-23(11-16)34-18-8-6-17(7-9-18)26(27,28)29)14(2)32-24(37)19-12-21-20(13-31-19)35-25(36(21)4)33-15(3)30/h6-10,12-14,16H,5,11H2,1-4H3,(H,32,37)(H2,30,33,35). The molecular weight excluding hydrogens is 515 g/mol. The molecule has 0 radical (unpaired) electrons. The maximum atomic E-state index is 13.1. The molecule has 0 saturated heterocycles. The van der Waals surface area contributed by atoms with Gasteiger partial charge in [-0.25, -0.2) is 20.0 Å². The molecule has 3 heterocycles. The SMILES string of the molecule is CCC1C=C(C(C)NC(=O)c2cc3c(cn2)nc(N=C(C)N)n3C)SC(=Nc2ccc(C(F)(F)F)cc2)C1. The summed E-state index contributed by atoms with van der Waals surface area (Å²) in [7, 11) is 1.79. The minimum absolute atomic E-state index is 0.202. The van der Waals surface area contributed by atoms with Crippen LogP contribution in [0.15, 0.2) is 57.5 Å². The first-order chi connectivity index (χ1) is 17.9. The number of rotatable bonds is 6. The van der Waals surface area contributed by atoms with Crippen LogP contribution in [0.1, 0.15) is 49.7 Å². The van der Waals surface area contributed by atoms with E-state index in [-0.39, 0.29) is 23.6 Å². The van der Waals surface area contributed by atoms with E-state index < -0.39 is 11.7 Å². The first kappa shape index (κ1) is 27.4. The summed E-state index contributed by atoms with van der Waals surface area (Å²) in [6.07, 6.45) is 0.799. The Morgan fingerprint density at radius 2 is 2.03 bits per heavy atom. The van der Waals surface area contributed by atoms with Crippen LogP contribution in [0.5, 0.6) is 0 Å². The van der Waals surface area contributed by atoms with Crippen LogP contribution in [0.2, 0.25) is 0 Å². The average molecular weight is 544 g/mol. The van der Waals surface area contributed by atoms with Crippen LogP contribution in [-0.4, -0.2) is 37.4 Å². The number of hydrogen-bond acceptors (Lipinski definition) is 6. The van der Waals surface area contributed by atoms with Crippen molar-refractivity contribution in [1.29, 1.82) is 0 Å². The minimum Gasteiger partial charge on any atom is -0.387 e. The first-order valence-electron chi connectivity index (χ1n) is 12.0. The van der Waals surface area contributed by atoms with Gasteiger partial charge < -0.3 is 15.6 Å². The number of fused-ring (bicyclic) bond motifs is 1. The van der Waals surface area contributed by atoms with E-state index in [2.05, 4.69) is 38.3 Å². The number of pyridine rings is 1. The van der Waals surface area contributed by atoms with E-state index >= 15 is 0 Å². The number of aromatic nitrogens is 3. The van der Waals surface area contributed by atoms with Crippen molar-refractivity contribution in [2.24, 2.45) is 28.7 Å². The molecule has 0 aliphatic carbocycles. The molecule has 0 saturated carbocycles. The lowest BCUT2D eigenvalue weighted by atomic mass is 10.0. The number of imidazole rings is 1. The highest BCUT2D eigenvalue weighted by molar-refractivity contribution is 8.17. The molecule has 3 aromatic rings. The van der Waals surface area contributed by atoms with E-state index in [1.807, 2.05) is 6.92 Å². The normalized spacial score (nSPS) is 18.5. The molecule has 1 aromatic carbocycles. The fourth-order valence-corrected chi connectivity index (χ4v) is 5.18. The van der Waals surface area contributed by atoms with Gasteiger partial charge in [0.2, 0.25) is 5.95 Å². The topological polar surface area (TPSA) is 111 Å². The number of thioether (sulfide) groups is 1. The number of carbonyl (C=O) groups is 1. The van der Waals surface area contributed by atoms with E-state index in [1.165, 1.54) is 30.1 Å². The maximum absolute atomic E-state index is 13.1. The van der Waals surface area contributed by atoms with Crippen molar-refractivity contribution in [2.45, 2.75) is 45.8 Å². The number of carbonyl (C=O) groups excluding carboxylic acids is 1. The molecule has 0 fully saturated rings. The Morgan fingerprint density at radius 1 is 1.32 bits per heavy atom. The van der Waals surface area contributed by atoms with Gasteiger partial charge in [-0.1, -0.05) is 24.8 Å². The predicted octanol–water partition coefficient (Wildman–Crippen LogP) is 5.89. The fraction of sp³-hybridized carbons (Fsp3) is 0.346. The zero-order chi connectivity index (χ0) is 27.6. The Labute approximate surface area is 222 Å². The molecule has 2 atom stereocenters. The number of nitrogens with zero attached hydrogens (tertiary/aromatic N) is 5. The molecular formula is C26H28F3N7OS. The molecule has 2 unspecified atom stereocenters. The van der Waals surface area contributed by atoms with Crippen molar-refractivity contribution in [1.82, 2.24) is 19.9 Å². The van der Waals surface area contributed by atoms with Gasteiger partial charge in [0.1, 0.15) is 11.2 Å². The molecule has 8 nitrogen and oxygen atoms in total.